The second-order valence-corrected chi connectivity index (χ2v) is 4.49. The third-order valence-electron chi connectivity index (χ3n) is 2.84. The molecular formula is C14H21N3O3. The highest BCUT2D eigenvalue weighted by molar-refractivity contribution is 5.78. The van der Waals surface area contributed by atoms with E-state index in [-0.39, 0.29) is 0 Å². The molecule has 2 aromatic rings. The third kappa shape index (κ3) is 4.40. The zero-order valence-electron chi connectivity index (χ0n) is 11.7. The predicted molar refractivity (Wildman–Crippen MR) is 78.8 cm³/mol. The van der Waals surface area contributed by atoms with E-state index >= 15 is 0 Å². The molecule has 0 aliphatic carbocycles. The lowest BCUT2D eigenvalue weighted by Crippen LogP contribution is -2.06. The van der Waals surface area contributed by atoms with Gasteiger partial charge in [-0.2, -0.15) is 4.98 Å². The van der Waals surface area contributed by atoms with E-state index in [0.29, 0.717) is 24.9 Å². The maximum absolute atomic E-state index is 5.70. The van der Waals surface area contributed by atoms with Crippen LogP contribution in [0, 0.1) is 0 Å². The minimum absolute atomic E-state index is 0.533. The van der Waals surface area contributed by atoms with Crippen LogP contribution in [0.3, 0.4) is 0 Å². The van der Waals surface area contributed by atoms with E-state index < -0.39 is 0 Å². The fraction of sp³-hybridized carbons (Fsp3) is 0.500. The van der Waals surface area contributed by atoms with Crippen molar-refractivity contribution in [3.63, 3.8) is 0 Å². The Labute approximate surface area is 118 Å². The summed E-state index contributed by atoms with van der Waals surface area (Å²) in [7, 11) is 1.67. The van der Waals surface area contributed by atoms with E-state index in [1.807, 2.05) is 6.07 Å². The Morgan fingerprint density at radius 3 is 3.00 bits per heavy atom. The Kier molecular flexibility index (Phi) is 5.64. The molecule has 0 aliphatic rings. The van der Waals surface area contributed by atoms with Crippen LogP contribution in [-0.4, -0.2) is 38.5 Å². The lowest BCUT2D eigenvalue weighted by Gasteiger charge is -2.03. The molecule has 0 fully saturated rings. The summed E-state index contributed by atoms with van der Waals surface area (Å²) in [4.78, 5) is 4.33. The number of ether oxygens (including phenoxy) is 2. The van der Waals surface area contributed by atoms with Crippen LogP contribution in [0.1, 0.15) is 12.8 Å². The van der Waals surface area contributed by atoms with Gasteiger partial charge in [0, 0.05) is 25.9 Å². The summed E-state index contributed by atoms with van der Waals surface area (Å²) in [6, 6.07) is 5.96. The standard InChI is InChI=1S/C14H21N3O3/c1-18-8-9-19-7-3-2-6-16-14-17-12-10-11(15)4-5-13(12)20-14/h4-5,10H,2-3,6-9,15H2,1H3,(H,16,17). The molecule has 20 heavy (non-hydrogen) atoms. The number of nitrogens with two attached hydrogens (primary N) is 1. The van der Waals surface area contributed by atoms with Crippen molar-refractivity contribution >= 4 is 22.8 Å². The van der Waals surface area contributed by atoms with Crippen LogP contribution in [0.4, 0.5) is 11.7 Å². The van der Waals surface area contributed by atoms with Crippen molar-refractivity contribution < 1.29 is 13.9 Å². The predicted octanol–water partition coefficient (Wildman–Crippen LogP) is 2.27. The maximum Gasteiger partial charge on any atom is 0.295 e. The van der Waals surface area contributed by atoms with E-state index in [1.165, 1.54) is 0 Å². The number of anilines is 2. The first-order valence-electron chi connectivity index (χ1n) is 6.76. The molecule has 1 heterocycles. The van der Waals surface area contributed by atoms with Crippen LogP contribution in [0.2, 0.25) is 0 Å². The molecule has 2 rings (SSSR count). The molecule has 3 N–H and O–H groups in total. The SMILES string of the molecule is COCCOCCCCNc1nc2cc(N)ccc2o1. The van der Waals surface area contributed by atoms with E-state index in [0.717, 1.165) is 37.1 Å². The molecule has 0 bridgehead atoms. The zero-order valence-corrected chi connectivity index (χ0v) is 11.7. The largest absolute Gasteiger partial charge is 0.424 e. The molecule has 1 aromatic carbocycles. The number of benzene rings is 1. The Morgan fingerprint density at radius 1 is 1.25 bits per heavy atom. The monoisotopic (exact) mass is 279 g/mol. The molecule has 0 spiro atoms. The van der Waals surface area contributed by atoms with Crippen molar-refractivity contribution in [1.82, 2.24) is 4.98 Å². The molecule has 0 amide bonds. The van der Waals surface area contributed by atoms with Gasteiger partial charge in [0.2, 0.25) is 0 Å². The number of oxazole rings is 1. The van der Waals surface area contributed by atoms with Crippen LogP contribution in [0.5, 0.6) is 0 Å². The lowest BCUT2D eigenvalue weighted by molar-refractivity contribution is 0.0691. The van der Waals surface area contributed by atoms with Gasteiger partial charge in [-0.1, -0.05) is 0 Å². The molecule has 6 nitrogen and oxygen atoms in total. The average molecular weight is 279 g/mol. The fourth-order valence-corrected chi connectivity index (χ4v) is 1.79. The Balaban J connectivity index is 1.65. The molecule has 0 saturated carbocycles. The number of nitrogens with one attached hydrogen (secondary N) is 1. The molecule has 0 radical (unpaired) electrons. The Bertz CT molecular complexity index is 527. The van der Waals surface area contributed by atoms with Crippen LogP contribution < -0.4 is 11.1 Å². The number of aromatic nitrogens is 1. The summed E-state index contributed by atoms with van der Waals surface area (Å²) in [5, 5.41) is 3.16. The first-order valence-corrected chi connectivity index (χ1v) is 6.76. The topological polar surface area (TPSA) is 82.5 Å². The number of nitrogen functional groups attached to an aromatic ring is 1. The molecule has 6 heteroatoms. The van der Waals surface area contributed by atoms with Crippen molar-refractivity contribution in [1.29, 1.82) is 0 Å². The van der Waals surface area contributed by atoms with Crippen molar-refractivity contribution in [3.05, 3.63) is 18.2 Å². The van der Waals surface area contributed by atoms with Gasteiger partial charge in [0.15, 0.2) is 5.58 Å². The Hall–Kier alpha value is -1.79. The smallest absolute Gasteiger partial charge is 0.295 e. The van der Waals surface area contributed by atoms with Crippen molar-refractivity contribution in [2.45, 2.75) is 12.8 Å². The first kappa shape index (κ1) is 14.6. The van der Waals surface area contributed by atoms with Crippen LogP contribution in [0.15, 0.2) is 22.6 Å². The summed E-state index contributed by atoms with van der Waals surface area (Å²) < 4.78 is 15.8. The van der Waals surface area contributed by atoms with Gasteiger partial charge in [-0.3, -0.25) is 0 Å². The highest BCUT2D eigenvalue weighted by atomic mass is 16.5. The van der Waals surface area contributed by atoms with Gasteiger partial charge in [0.1, 0.15) is 5.52 Å². The van der Waals surface area contributed by atoms with Crippen molar-refractivity contribution in [2.75, 3.05) is 44.5 Å². The Morgan fingerprint density at radius 2 is 2.15 bits per heavy atom. The molecular weight excluding hydrogens is 258 g/mol. The van der Waals surface area contributed by atoms with Gasteiger partial charge in [-0.25, -0.2) is 0 Å². The quantitative estimate of drug-likeness (QED) is 0.541. The first-order chi connectivity index (χ1) is 9.79. The van der Waals surface area contributed by atoms with Gasteiger partial charge in [0.05, 0.1) is 13.2 Å². The maximum atomic E-state index is 5.70. The second-order valence-electron chi connectivity index (χ2n) is 4.49. The highest BCUT2D eigenvalue weighted by Gasteiger charge is 2.04. The number of rotatable bonds is 9. The van der Waals surface area contributed by atoms with Crippen LogP contribution >= 0.6 is 0 Å². The van der Waals surface area contributed by atoms with E-state index in [4.69, 9.17) is 19.6 Å². The van der Waals surface area contributed by atoms with Gasteiger partial charge in [-0.15, -0.1) is 0 Å². The lowest BCUT2D eigenvalue weighted by atomic mass is 10.3. The van der Waals surface area contributed by atoms with Crippen LogP contribution in [-0.2, 0) is 9.47 Å². The highest BCUT2D eigenvalue weighted by Crippen LogP contribution is 2.20. The summed E-state index contributed by atoms with van der Waals surface area (Å²) in [6.45, 7) is 2.84. The van der Waals surface area contributed by atoms with E-state index in [1.54, 1.807) is 19.2 Å². The summed E-state index contributed by atoms with van der Waals surface area (Å²) in [5.74, 6) is 0. The molecule has 0 atom stereocenters. The molecule has 1 aromatic heterocycles. The summed E-state index contributed by atoms with van der Waals surface area (Å²) >= 11 is 0. The van der Waals surface area contributed by atoms with Gasteiger partial charge in [0.25, 0.3) is 6.01 Å². The number of fused-ring (bicyclic) bond motifs is 1. The zero-order chi connectivity index (χ0) is 14.2. The minimum Gasteiger partial charge on any atom is -0.424 e. The number of unbranched alkanes of at least 4 members (excludes halogenated alkanes) is 1. The average Bonchev–Trinajstić information content (AvgIpc) is 2.83. The third-order valence-corrected chi connectivity index (χ3v) is 2.84. The van der Waals surface area contributed by atoms with Crippen LogP contribution in [0.25, 0.3) is 11.1 Å². The number of nitrogens with zero attached hydrogens (tertiary/aromatic N) is 1. The normalized spacial score (nSPS) is 11.1. The van der Waals surface area contributed by atoms with Crippen molar-refractivity contribution in [2.24, 2.45) is 0 Å². The summed E-state index contributed by atoms with van der Waals surface area (Å²) in [6.07, 6.45) is 1.98. The molecule has 0 aliphatic heterocycles. The van der Waals surface area contributed by atoms with Gasteiger partial charge >= 0.3 is 0 Å². The molecule has 110 valence electrons. The van der Waals surface area contributed by atoms with Gasteiger partial charge < -0.3 is 24.9 Å². The van der Waals surface area contributed by atoms with E-state index in [9.17, 15) is 0 Å². The number of hydrogen-bond acceptors (Lipinski definition) is 6. The summed E-state index contributed by atoms with van der Waals surface area (Å²) in [5.41, 5.74) is 7.90. The minimum atomic E-state index is 0.533. The van der Waals surface area contributed by atoms with Crippen molar-refractivity contribution in [3.8, 4) is 0 Å². The molecule has 0 saturated heterocycles. The molecule has 0 unspecified atom stereocenters. The number of methoxy groups -OCH3 is 1. The number of hydrogen-bond donors (Lipinski definition) is 2. The van der Waals surface area contributed by atoms with Gasteiger partial charge in [-0.05, 0) is 31.0 Å². The van der Waals surface area contributed by atoms with E-state index in [2.05, 4.69) is 10.3 Å². The fourth-order valence-electron chi connectivity index (χ4n) is 1.79. The second kappa shape index (κ2) is 7.72.